The zero-order chi connectivity index (χ0) is 19.4. The normalized spacial score (nSPS) is 12.6. The van der Waals surface area contributed by atoms with Crippen LogP contribution in [0.2, 0.25) is 0 Å². The van der Waals surface area contributed by atoms with Crippen LogP contribution < -0.4 is 16.4 Å². The maximum absolute atomic E-state index is 13.0. The maximum atomic E-state index is 13.0. The third-order valence-corrected chi connectivity index (χ3v) is 5.59. The molecule has 3 rings (SSSR count). The first-order valence-corrected chi connectivity index (χ1v) is 9.58. The number of anilines is 1. The SMILES string of the molecule is Cc1c(NC(=O)CNC(=O)CN)cccc1C(=O)N1CCc2sccc2C1.Cl. The number of benzene rings is 1. The Morgan fingerprint density at radius 2 is 2.00 bits per heavy atom. The van der Waals surface area contributed by atoms with Crippen molar-refractivity contribution >= 4 is 47.2 Å². The summed E-state index contributed by atoms with van der Waals surface area (Å²) in [5, 5.41) is 7.21. The fraction of sp³-hybridized carbons (Fsp3) is 0.316. The van der Waals surface area contributed by atoms with Crippen molar-refractivity contribution in [3.8, 4) is 0 Å². The van der Waals surface area contributed by atoms with E-state index in [1.54, 1.807) is 36.5 Å². The van der Waals surface area contributed by atoms with Gasteiger partial charge in [-0.15, -0.1) is 23.7 Å². The molecule has 2 heterocycles. The van der Waals surface area contributed by atoms with Crippen molar-refractivity contribution in [3.05, 3.63) is 51.2 Å². The zero-order valence-electron chi connectivity index (χ0n) is 15.5. The lowest BCUT2D eigenvalue weighted by Gasteiger charge is -2.28. The van der Waals surface area contributed by atoms with Crippen LogP contribution in [0.3, 0.4) is 0 Å². The van der Waals surface area contributed by atoms with Crippen LogP contribution in [0.4, 0.5) is 5.69 Å². The average Bonchev–Trinajstić information content (AvgIpc) is 3.15. The largest absolute Gasteiger partial charge is 0.346 e. The van der Waals surface area contributed by atoms with Gasteiger partial charge < -0.3 is 21.3 Å². The Morgan fingerprint density at radius 1 is 1.21 bits per heavy atom. The van der Waals surface area contributed by atoms with E-state index in [0.717, 1.165) is 6.42 Å². The monoisotopic (exact) mass is 422 g/mol. The molecular formula is C19H23ClN4O3S. The minimum Gasteiger partial charge on any atom is -0.346 e. The predicted molar refractivity (Wildman–Crippen MR) is 112 cm³/mol. The quantitative estimate of drug-likeness (QED) is 0.681. The highest BCUT2D eigenvalue weighted by Crippen LogP contribution is 2.27. The van der Waals surface area contributed by atoms with Gasteiger partial charge >= 0.3 is 0 Å². The van der Waals surface area contributed by atoms with Crippen LogP contribution in [0.25, 0.3) is 0 Å². The van der Waals surface area contributed by atoms with Gasteiger partial charge in [0.1, 0.15) is 0 Å². The minimum absolute atomic E-state index is 0. The molecule has 0 saturated heterocycles. The molecule has 2 aromatic rings. The van der Waals surface area contributed by atoms with Gasteiger partial charge in [-0.3, -0.25) is 14.4 Å². The van der Waals surface area contributed by atoms with Gasteiger partial charge in [-0.25, -0.2) is 0 Å². The molecule has 0 saturated carbocycles. The van der Waals surface area contributed by atoms with E-state index < -0.39 is 5.91 Å². The lowest BCUT2D eigenvalue weighted by atomic mass is 10.0. The van der Waals surface area contributed by atoms with E-state index in [1.165, 1.54) is 10.4 Å². The van der Waals surface area contributed by atoms with E-state index in [2.05, 4.69) is 22.1 Å². The van der Waals surface area contributed by atoms with Crippen LogP contribution in [-0.4, -0.2) is 42.3 Å². The summed E-state index contributed by atoms with van der Waals surface area (Å²) < 4.78 is 0. The molecule has 28 heavy (non-hydrogen) atoms. The van der Waals surface area contributed by atoms with Gasteiger partial charge in [0.2, 0.25) is 11.8 Å². The summed E-state index contributed by atoms with van der Waals surface area (Å²) in [5.41, 5.74) is 8.23. The molecule has 9 heteroatoms. The van der Waals surface area contributed by atoms with Crippen LogP contribution >= 0.6 is 23.7 Å². The molecule has 150 valence electrons. The Balaban J connectivity index is 0.00000280. The average molecular weight is 423 g/mol. The number of hydrogen-bond acceptors (Lipinski definition) is 5. The Bertz CT molecular complexity index is 884. The second kappa shape index (κ2) is 9.68. The van der Waals surface area contributed by atoms with E-state index >= 15 is 0 Å². The first-order chi connectivity index (χ1) is 13.0. The molecule has 0 bridgehead atoms. The number of nitrogens with one attached hydrogen (secondary N) is 2. The van der Waals surface area contributed by atoms with E-state index in [1.807, 2.05) is 4.90 Å². The van der Waals surface area contributed by atoms with Gasteiger partial charge in [0.25, 0.3) is 5.91 Å². The molecule has 0 aliphatic carbocycles. The number of hydrogen-bond donors (Lipinski definition) is 3. The highest BCUT2D eigenvalue weighted by Gasteiger charge is 2.24. The lowest BCUT2D eigenvalue weighted by Crippen LogP contribution is -2.37. The van der Waals surface area contributed by atoms with Gasteiger partial charge in [0, 0.05) is 29.2 Å². The summed E-state index contributed by atoms with van der Waals surface area (Å²) in [4.78, 5) is 39.3. The van der Waals surface area contributed by atoms with Gasteiger partial charge in [-0.2, -0.15) is 0 Å². The van der Waals surface area contributed by atoms with E-state index in [9.17, 15) is 14.4 Å². The van der Waals surface area contributed by atoms with Gasteiger partial charge in [0.15, 0.2) is 0 Å². The number of nitrogens with zero attached hydrogens (tertiary/aromatic N) is 1. The van der Waals surface area contributed by atoms with Crippen LogP contribution in [0.1, 0.15) is 26.4 Å². The molecule has 0 fully saturated rings. The molecule has 3 amide bonds. The van der Waals surface area contributed by atoms with Crippen molar-refractivity contribution in [2.24, 2.45) is 5.73 Å². The van der Waals surface area contributed by atoms with Crippen LogP contribution in [-0.2, 0) is 22.6 Å². The molecule has 0 unspecified atom stereocenters. The fourth-order valence-corrected chi connectivity index (χ4v) is 3.93. The van der Waals surface area contributed by atoms with Crippen molar-refractivity contribution in [1.82, 2.24) is 10.2 Å². The third kappa shape index (κ3) is 4.89. The topological polar surface area (TPSA) is 105 Å². The molecule has 1 aliphatic heterocycles. The number of carbonyl (C=O) groups is 3. The Kier molecular flexibility index (Phi) is 7.56. The summed E-state index contributed by atoms with van der Waals surface area (Å²) in [7, 11) is 0. The molecular weight excluding hydrogens is 400 g/mol. The van der Waals surface area contributed by atoms with Crippen LogP contribution in [0.5, 0.6) is 0 Å². The molecule has 1 aromatic heterocycles. The minimum atomic E-state index is -0.399. The Labute approximate surface area is 173 Å². The summed E-state index contributed by atoms with van der Waals surface area (Å²) >= 11 is 1.73. The number of fused-ring (bicyclic) bond motifs is 1. The standard InChI is InChI=1S/C19H22N4O3S.ClH/c1-12-14(19(26)23-7-5-16-13(11-23)6-8-27-16)3-2-4-15(12)22-18(25)10-21-17(24)9-20;/h2-4,6,8H,5,7,9-11,20H2,1H3,(H,21,24)(H,22,25);1H. The third-order valence-electron chi connectivity index (χ3n) is 4.56. The molecule has 0 atom stereocenters. The van der Waals surface area contributed by atoms with Crippen molar-refractivity contribution < 1.29 is 14.4 Å². The first-order valence-electron chi connectivity index (χ1n) is 8.70. The lowest BCUT2D eigenvalue weighted by molar-refractivity contribution is -0.123. The second-order valence-electron chi connectivity index (χ2n) is 6.35. The molecule has 0 radical (unpaired) electrons. The summed E-state index contributed by atoms with van der Waals surface area (Å²) in [6.07, 6.45) is 0.870. The van der Waals surface area contributed by atoms with E-state index in [0.29, 0.717) is 29.9 Å². The number of halogens is 1. The molecule has 1 aliphatic rings. The molecule has 7 nitrogen and oxygen atoms in total. The number of nitrogens with two attached hydrogens (primary N) is 1. The number of carbonyl (C=O) groups excluding carboxylic acids is 3. The number of rotatable bonds is 5. The molecule has 4 N–H and O–H groups in total. The van der Waals surface area contributed by atoms with E-state index in [4.69, 9.17) is 5.73 Å². The molecule has 1 aromatic carbocycles. The van der Waals surface area contributed by atoms with Crippen molar-refractivity contribution in [2.75, 3.05) is 25.0 Å². The van der Waals surface area contributed by atoms with Crippen LogP contribution in [0.15, 0.2) is 29.6 Å². The van der Waals surface area contributed by atoms with Crippen LogP contribution in [0, 0.1) is 6.92 Å². The van der Waals surface area contributed by atoms with Gasteiger partial charge in [-0.05, 0) is 48.1 Å². The fourth-order valence-electron chi connectivity index (χ4n) is 3.04. The summed E-state index contributed by atoms with van der Waals surface area (Å²) in [6, 6.07) is 7.32. The van der Waals surface area contributed by atoms with Crippen molar-refractivity contribution in [1.29, 1.82) is 0 Å². The van der Waals surface area contributed by atoms with Gasteiger partial charge in [-0.1, -0.05) is 6.07 Å². The Morgan fingerprint density at radius 3 is 2.75 bits per heavy atom. The smallest absolute Gasteiger partial charge is 0.254 e. The second-order valence-corrected chi connectivity index (χ2v) is 7.35. The summed E-state index contributed by atoms with van der Waals surface area (Å²) in [6.45, 7) is 2.77. The summed E-state index contributed by atoms with van der Waals surface area (Å²) in [5.74, 6) is -0.814. The predicted octanol–water partition coefficient (Wildman–Crippen LogP) is 1.69. The maximum Gasteiger partial charge on any atom is 0.254 e. The number of thiophene rings is 1. The van der Waals surface area contributed by atoms with E-state index in [-0.39, 0.29) is 37.3 Å². The van der Waals surface area contributed by atoms with Crippen molar-refractivity contribution in [3.63, 3.8) is 0 Å². The number of amides is 3. The van der Waals surface area contributed by atoms with Gasteiger partial charge in [0.05, 0.1) is 13.1 Å². The molecule has 0 spiro atoms. The Hall–Kier alpha value is -2.42. The zero-order valence-corrected chi connectivity index (χ0v) is 17.1. The highest BCUT2D eigenvalue weighted by atomic mass is 35.5. The van der Waals surface area contributed by atoms with Crippen molar-refractivity contribution in [2.45, 2.75) is 19.9 Å². The highest BCUT2D eigenvalue weighted by molar-refractivity contribution is 7.10. The first kappa shape index (κ1) is 21.9.